The standard InChI is InChI=1S/C36H44F3N5O7S2/c1-6-8-9-10-15-44(5)32(46)28-18-24(17-27(28)30(45)42-35(19-22(35)7-2)33(47)43-53(49,50)25-12-13-25)51-34(48)41-29-16-23(36(37,38)39)11-14-26(29)31-40-20(3)21(4)52-31/h6-7,11,14,16,22,24-25,27-28H,1-2,8-10,12-13,15,17-19H2,3-5H3,(H,41,48)(H,42,45)(H,43,47)/t22-,24-,27-,28-,35-/m1/s1. The van der Waals surface area contributed by atoms with E-state index in [1.165, 1.54) is 28.4 Å². The Labute approximate surface area is 310 Å². The molecule has 0 radical (unpaired) electrons. The van der Waals surface area contributed by atoms with Crippen LogP contribution in [0, 0.1) is 31.6 Å². The fraction of sp³-hybridized carbons (Fsp3) is 0.528. The number of carbonyl (C=O) groups excluding carboxylic acids is 4. The molecule has 0 bridgehead atoms. The van der Waals surface area contributed by atoms with Crippen LogP contribution in [0.2, 0.25) is 0 Å². The highest BCUT2D eigenvalue weighted by atomic mass is 32.2. The van der Waals surface area contributed by atoms with Crippen LogP contribution in [-0.4, -0.2) is 72.6 Å². The molecule has 1 heterocycles. The van der Waals surface area contributed by atoms with Crippen LogP contribution in [-0.2, 0) is 35.3 Å². The van der Waals surface area contributed by atoms with Crippen LogP contribution in [0.3, 0.4) is 0 Å². The summed E-state index contributed by atoms with van der Waals surface area (Å²) in [5, 5.41) is 4.84. The van der Waals surface area contributed by atoms with Crippen molar-refractivity contribution >= 4 is 50.9 Å². The minimum Gasteiger partial charge on any atom is -0.446 e. The van der Waals surface area contributed by atoms with Gasteiger partial charge >= 0.3 is 12.3 Å². The van der Waals surface area contributed by atoms with Crippen molar-refractivity contribution in [2.24, 2.45) is 17.8 Å². The van der Waals surface area contributed by atoms with Gasteiger partial charge in [-0.25, -0.2) is 18.2 Å². The second-order valence-electron chi connectivity index (χ2n) is 14.0. The van der Waals surface area contributed by atoms with Crippen molar-refractivity contribution < 1.29 is 45.5 Å². The predicted molar refractivity (Wildman–Crippen MR) is 193 cm³/mol. The maximum Gasteiger partial charge on any atom is 0.416 e. The molecule has 1 aromatic carbocycles. The second-order valence-corrected chi connectivity index (χ2v) is 17.1. The van der Waals surface area contributed by atoms with E-state index in [-0.39, 0.29) is 30.5 Å². The summed E-state index contributed by atoms with van der Waals surface area (Å²) < 4.78 is 74.0. The molecular weight excluding hydrogens is 736 g/mol. The Morgan fingerprint density at radius 2 is 1.81 bits per heavy atom. The number of anilines is 1. The number of alkyl halides is 3. The van der Waals surface area contributed by atoms with E-state index in [1.807, 2.05) is 6.92 Å². The summed E-state index contributed by atoms with van der Waals surface area (Å²) in [5.41, 5.74) is -1.84. The summed E-state index contributed by atoms with van der Waals surface area (Å²) in [6.45, 7) is 11.4. The number of benzene rings is 1. The van der Waals surface area contributed by atoms with Crippen LogP contribution in [0.4, 0.5) is 23.7 Å². The van der Waals surface area contributed by atoms with E-state index in [9.17, 15) is 40.8 Å². The summed E-state index contributed by atoms with van der Waals surface area (Å²) in [5.74, 6) is -4.62. The topological polar surface area (TPSA) is 164 Å². The second kappa shape index (κ2) is 15.6. The third-order valence-corrected chi connectivity index (χ3v) is 13.0. The molecule has 0 unspecified atom stereocenters. The lowest BCUT2D eigenvalue weighted by Gasteiger charge is -2.26. The molecule has 4 amide bonds. The molecule has 0 spiro atoms. The van der Waals surface area contributed by atoms with Gasteiger partial charge < -0.3 is 15.0 Å². The molecule has 17 heteroatoms. The number of rotatable bonds is 15. The Morgan fingerprint density at radius 3 is 2.40 bits per heavy atom. The first-order valence-corrected chi connectivity index (χ1v) is 19.8. The summed E-state index contributed by atoms with van der Waals surface area (Å²) in [4.78, 5) is 61.2. The number of hydrogen-bond donors (Lipinski definition) is 3. The van der Waals surface area contributed by atoms with E-state index < -0.39 is 80.2 Å². The zero-order valence-corrected chi connectivity index (χ0v) is 31.4. The number of unbranched alkanes of at least 4 members (excludes halogenated alkanes) is 2. The molecule has 3 fully saturated rings. The number of ether oxygens (including phenoxy) is 1. The van der Waals surface area contributed by atoms with Crippen molar-refractivity contribution in [3.05, 3.63) is 59.6 Å². The molecular formula is C36H44F3N5O7S2. The van der Waals surface area contributed by atoms with Crippen molar-refractivity contribution in [3.8, 4) is 10.6 Å². The van der Waals surface area contributed by atoms with Crippen LogP contribution in [0.1, 0.15) is 67.5 Å². The number of allylic oxidation sites excluding steroid dienone is 1. The van der Waals surface area contributed by atoms with Gasteiger partial charge in [0.1, 0.15) is 16.7 Å². The van der Waals surface area contributed by atoms with Gasteiger partial charge in [0.05, 0.1) is 34.0 Å². The monoisotopic (exact) mass is 779 g/mol. The summed E-state index contributed by atoms with van der Waals surface area (Å²) in [6, 6.07) is 2.91. The Bertz CT molecular complexity index is 1880. The SMILES string of the molecule is C=CCCCCN(C)C(=O)[C@@H]1C[C@H](OC(=O)Nc2cc(C(F)(F)F)ccc2-c2nc(C)c(C)s2)C[C@H]1C(=O)N[C@]1(C(=O)NS(=O)(=O)C2CC2)C[C@H]1C=C. The highest BCUT2D eigenvalue weighted by molar-refractivity contribution is 7.91. The molecule has 53 heavy (non-hydrogen) atoms. The normalized spacial score (nSPS) is 23.8. The highest BCUT2D eigenvalue weighted by Crippen LogP contribution is 2.46. The maximum absolute atomic E-state index is 14.0. The minimum absolute atomic E-state index is 0.0815. The molecule has 0 aliphatic heterocycles. The number of aryl methyl sites for hydroxylation is 2. The summed E-state index contributed by atoms with van der Waals surface area (Å²) in [7, 11) is -2.33. The molecule has 288 valence electrons. The predicted octanol–water partition coefficient (Wildman–Crippen LogP) is 5.87. The van der Waals surface area contributed by atoms with E-state index in [0.717, 1.165) is 29.9 Å². The zero-order valence-electron chi connectivity index (χ0n) is 29.8. The first kappa shape index (κ1) is 39.9. The van der Waals surface area contributed by atoms with Crippen LogP contribution >= 0.6 is 11.3 Å². The van der Waals surface area contributed by atoms with E-state index >= 15 is 0 Å². The van der Waals surface area contributed by atoms with Gasteiger partial charge in [0.2, 0.25) is 21.8 Å². The number of halogens is 3. The van der Waals surface area contributed by atoms with Crippen LogP contribution < -0.4 is 15.4 Å². The molecule has 5 rings (SSSR count). The quantitative estimate of drug-likeness (QED) is 0.149. The molecule has 3 aliphatic carbocycles. The number of aromatic nitrogens is 1. The highest BCUT2D eigenvalue weighted by Gasteiger charge is 2.62. The largest absolute Gasteiger partial charge is 0.446 e. The van der Waals surface area contributed by atoms with E-state index in [4.69, 9.17) is 4.74 Å². The van der Waals surface area contributed by atoms with Crippen molar-refractivity contribution in [2.45, 2.75) is 88.3 Å². The fourth-order valence-corrected chi connectivity index (χ4v) is 8.92. The maximum atomic E-state index is 14.0. The molecule has 2 aromatic rings. The average Bonchev–Trinajstić information content (AvgIpc) is 4.00. The first-order valence-electron chi connectivity index (χ1n) is 17.4. The Hall–Kier alpha value is -4.25. The average molecular weight is 780 g/mol. The van der Waals surface area contributed by atoms with Gasteiger partial charge in [-0.15, -0.1) is 24.5 Å². The Morgan fingerprint density at radius 1 is 1.11 bits per heavy atom. The lowest BCUT2D eigenvalue weighted by Crippen LogP contribution is -2.54. The molecule has 3 N–H and O–H groups in total. The van der Waals surface area contributed by atoms with Gasteiger partial charge in [0.15, 0.2) is 0 Å². The summed E-state index contributed by atoms with van der Waals surface area (Å²) >= 11 is 1.25. The van der Waals surface area contributed by atoms with Crippen LogP contribution in [0.25, 0.3) is 10.6 Å². The van der Waals surface area contributed by atoms with Crippen molar-refractivity contribution in [1.82, 2.24) is 19.9 Å². The van der Waals surface area contributed by atoms with Crippen molar-refractivity contribution in [1.29, 1.82) is 0 Å². The van der Waals surface area contributed by atoms with E-state index in [2.05, 4.69) is 33.5 Å². The van der Waals surface area contributed by atoms with Gasteiger partial charge in [0, 0.05) is 30.0 Å². The number of hydrogen-bond acceptors (Lipinski definition) is 9. The molecule has 5 atom stereocenters. The Kier molecular flexibility index (Phi) is 11.8. The number of amides is 4. The lowest BCUT2D eigenvalue weighted by atomic mass is 9.93. The number of nitrogens with zero attached hydrogens (tertiary/aromatic N) is 2. The number of nitrogens with one attached hydrogen (secondary N) is 3. The molecule has 3 aliphatic rings. The number of sulfonamides is 1. The van der Waals surface area contributed by atoms with Gasteiger partial charge in [-0.3, -0.25) is 24.4 Å². The van der Waals surface area contributed by atoms with Gasteiger partial charge in [-0.1, -0.05) is 12.2 Å². The number of carbonyl (C=O) groups is 4. The molecule has 12 nitrogen and oxygen atoms in total. The van der Waals surface area contributed by atoms with Crippen molar-refractivity contribution in [3.63, 3.8) is 0 Å². The van der Waals surface area contributed by atoms with Gasteiger partial charge in [-0.05, 0) is 83.4 Å². The van der Waals surface area contributed by atoms with Gasteiger partial charge in [-0.2, -0.15) is 13.2 Å². The molecule has 1 aromatic heterocycles. The molecule has 3 saturated carbocycles. The van der Waals surface area contributed by atoms with Crippen LogP contribution in [0.5, 0.6) is 0 Å². The summed E-state index contributed by atoms with van der Waals surface area (Å²) in [6.07, 6.45) is -0.670. The van der Waals surface area contributed by atoms with Gasteiger partial charge in [0.25, 0.3) is 5.91 Å². The molecule has 0 saturated heterocycles. The Balaban J connectivity index is 1.36. The lowest BCUT2D eigenvalue weighted by molar-refractivity contribution is -0.140. The first-order chi connectivity index (χ1) is 24.9. The smallest absolute Gasteiger partial charge is 0.416 e. The van der Waals surface area contributed by atoms with E-state index in [0.29, 0.717) is 36.5 Å². The zero-order chi connectivity index (χ0) is 38.9. The van der Waals surface area contributed by atoms with Crippen LogP contribution in [0.15, 0.2) is 43.5 Å². The number of thiazole rings is 1. The third kappa shape index (κ3) is 9.11. The third-order valence-electron chi connectivity index (χ3n) is 10.1. The van der Waals surface area contributed by atoms with Crippen molar-refractivity contribution in [2.75, 3.05) is 18.9 Å². The minimum atomic E-state index is -4.70. The fourth-order valence-electron chi connectivity index (χ4n) is 6.60. The van der Waals surface area contributed by atoms with E-state index in [1.54, 1.807) is 20.0 Å².